The number of nitrogens with one attached hydrogen (secondary N) is 1. The molecule has 6 aliphatic rings. The van der Waals surface area contributed by atoms with Crippen LogP contribution in [0.5, 0.6) is 28.7 Å². The van der Waals surface area contributed by atoms with Crippen LogP contribution in [0.15, 0.2) is 90.1 Å². The van der Waals surface area contributed by atoms with Crippen molar-refractivity contribution in [3.05, 3.63) is 123 Å². The highest BCUT2D eigenvalue weighted by Gasteiger charge is 2.67. The van der Waals surface area contributed by atoms with Crippen molar-refractivity contribution in [3.63, 3.8) is 0 Å². The maximum atomic E-state index is 12.8. The van der Waals surface area contributed by atoms with Gasteiger partial charge in [0, 0.05) is 34.4 Å². The summed E-state index contributed by atoms with van der Waals surface area (Å²) in [6.45, 7) is 0.310. The van der Waals surface area contributed by atoms with Gasteiger partial charge in [-0.2, -0.15) is 0 Å². The molecule has 0 saturated carbocycles. The molecule has 322 valence electrons. The van der Waals surface area contributed by atoms with Crippen molar-refractivity contribution in [2.24, 2.45) is 10.7 Å². The quantitative estimate of drug-likeness (QED) is 0.109. The number of ether oxygens (including phenoxy) is 7. The SMILES string of the molecule is COc1ccc2c(c1OC)O[C@H]1c3c(cc4c(c3C3=c5ccccc5=NC3)CC[C@]3(O)[C@H](O4)O[C@@]4(C=CN[C@H](N)[C@H]4OC(=O)CC(=O)O)[C@@H](O)[C@@H]3O)O[C@H](Cc3ccccc3)[C@@H]21. The summed E-state index contributed by atoms with van der Waals surface area (Å²) in [7, 11) is 3.14. The predicted molar refractivity (Wildman–Crippen MR) is 217 cm³/mol. The number of esters is 1. The number of rotatable bonds is 8. The number of fused-ring (bicyclic) bond motifs is 8. The molecule has 7 N–H and O–H groups in total. The molecular formula is C46H45N3O13. The summed E-state index contributed by atoms with van der Waals surface area (Å²) in [5.74, 6) is -0.692. The summed E-state index contributed by atoms with van der Waals surface area (Å²) in [4.78, 5) is 29.1. The summed E-state index contributed by atoms with van der Waals surface area (Å²) >= 11 is 0. The fourth-order valence-electron chi connectivity index (χ4n) is 10.1. The molecule has 4 aromatic carbocycles. The average Bonchev–Trinajstić information content (AvgIpc) is 3.84. The van der Waals surface area contributed by atoms with E-state index in [9.17, 15) is 30.0 Å². The van der Waals surface area contributed by atoms with E-state index in [0.717, 1.165) is 38.4 Å². The number of carbonyl (C=O) groups is 2. The van der Waals surface area contributed by atoms with Gasteiger partial charge in [0.15, 0.2) is 28.8 Å². The normalized spacial score (nSPS) is 30.8. The number of carbonyl (C=O) groups excluding carboxylic acids is 1. The first-order chi connectivity index (χ1) is 29.9. The average molecular weight is 848 g/mol. The van der Waals surface area contributed by atoms with Crippen molar-refractivity contribution in [1.82, 2.24) is 5.32 Å². The Bertz CT molecular complexity index is 2640. The van der Waals surface area contributed by atoms with Gasteiger partial charge in [0.2, 0.25) is 12.0 Å². The van der Waals surface area contributed by atoms with Crippen LogP contribution in [0.2, 0.25) is 0 Å². The molecule has 62 heavy (non-hydrogen) atoms. The van der Waals surface area contributed by atoms with Crippen molar-refractivity contribution in [1.29, 1.82) is 0 Å². The lowest BCUT2D eigenvalue weighted by Crippen LogP contribution is -2.77. The minimum Gasteiger partial charge on any atom is -0.493 e. The second-order valence-electron chi connectivity index (χ2n) is 16.4. The Balaban J connectivity index is 1.15. The highest BCUT2D eigenvalue weighted by atomic mass is 16.7. The molecule has 1 saturated heterocycles. The molecule has 0 unspecified atom stereocenters. The van der Waals surface area contributed by atoms with E-state index in [1.54, 1.807) is 20.3 Å². The fraction of sp³-hybridized carbons (Fsp3) is 0.370. The third-order valence-corrected chi connectivity index (χ3v) is 13.0. The Morgan fingerprint density at radius 1 is 0.968 bits per heavy atom. The molecule has 0 radical (unpaired) electrons. The molecule has 4 aromatic rings. The molecule has 6 aliphatic heterocycles. The Labute approximate surface area is 354 Å². The molecule has 1 fully saturated rings. The smallest absolute Gasteiger partial charge is 0.317 e. The first-order valence-electron chi connectivity index (χ1n) is 20.4. The fourth-order valence-corrected chi connectivity index (χ4v) is 10.1. The summed E-state index contributed by atoms with van der Waals surface area (Å²) in [5, 5.41) is 50.1. The molecule has 6 heterocycles. The lowest BCUT2D eigenvalue weighted by atomic mass is 9.73. The van der Waals surface area contributed by atoms with Crippen molar-refractivity contribution >= 4 is 17.5 Å². The molecule has 0 aromatic heterocycles. The molecular weight excluding hydrogens is 803 g/mol. The molecule has 16 nitrogen and oxygen atoms in total. The molecule has 1 spiro atoms. The van der Waals surface area contributed by atoms with Gasteiger partial charge in [-0.15, -0.1) is 0 Å². The van der Waals surface area contributed by atoms with Crippen molar-refractivity contribution in [3.8, 4) is 28.7 Å². The van der Waals surface area contributed by atoms with E-state index in [4.69, 9.17) is 43.9 Å². The third-order valence-electron chi connectivity index (χ3n) is 13.0. The molecule has 0 bridgehead atoms. The van der Waals surface area contributed by atoms with Crippen LogP contribution in [-0.2, 0) is 31.9 Å². The first kappa shape index (κ1) is 39.9. The molecule has 10 atom stereocenters. The van der Waals surface area contributed by atoms with Gasteiger partial charge in [0.1, 0.15) is 48.5 Å². The number of carboxylic acids is 1. The van der Waals surface area contributed by atoms with E-state index in [1.807, 2.05) is 66.7 Å². The minimum atomic E-state index is -2.23. The van der Waals surface area contributed by atoms with Gasteiger partial charge in [0.25, 0.3) is 0 Å². The third kappa shape index (κ3) is 6.11. The van der Waals surface area contributed by atoms with E-state index in [-0.39, 0.29) is 24.5 Å². The van der Waals surface area contributed by atoms with E-state index in [2.05, 4.69) is 5.32 Å². The van der Waals surface area contributed by atoms with Crippen molar-refractivity contribution < 1.29 is 63.2 Å². The van der Waals surface area contributed by atoms with E-state index in [0.29, 0.717) is 41.5 Å². The highest BCUT2D eigenvalue weighted by Crippen LogP contribution is 2.61. The number of benzene rings is 4. The van der Waals surface area contributed by atoms with E-state index >= 15 is 0 Å². The van der Waals surface area contributed by atoms with Crippen LogP contribution < -0.4 is 45.3 Å². The number of methoxy groups -OCH3 is 2. The number of hydrogen-bond acceptors (Lipinski definition) is 15. The number of nitrogens with zero attached hydrogens (tertiary/aromatic N) is 1. The predicted octanol–water partition coefficient (Wildman–Crippen LogP) is 1.42. The topological polar surface area (TPSA) is 230 Å². The monoisotopic (exact) mass is 847 g/mol. The lowest BCUT2D eigenvalue weighted by molar-refractivity contribution is -0.354. The maximum absolute atomic E-state index is 12.8. The van der Waals surface area contributed by atoms with Crippen molar-refractivity contribution in [2.45, 2.75) is 85.8 Å². The van der Waals surface area contributed by atoms with Gasteiger partial charge >= 0.3 is 11.9 Å². The van der Waals surface area contributed by atoms with Crippen LogP contribution in [-0.4, -0.2) is 101 Å². The largest absolute Gasteiger partial charge is 0.493 e. The van der Waals surface area contributed by atoms with E-state index < -0.39 is 72.5 Å². The van der Waals surface area contributed by atoms with E-state index in [1.165, 1.54) is 12.3 Å². The maximum Gasteiger partial charge on any atom is 0.317 e. The lowest BCUT2D eigenvalue weighted by Gasteiger charge is -2.55. The Hall–Kier alpha value is -6.17. The zero-order valence-electron chi connectivity index (χ0n) is 33.7. The van der Waals surface area contributed by atoms with Gasteiger partial charge < -0.3 is 64.6 Å². The van der Waals surface area contributed by atoms with Gasteiger partial charge in [-0.3, -0.25) is 14.6 Å². The number of aliphatic hydroxyl groups is 3. The van der Waals surface area contributed by atoms with Crippen molar-refractivity contribution in [2.75, 3.05) is 20.8 Å². The minimum absolute atomic E-state index is 0.125. The number of hydrogen-bond donors (Lipinski definition) is 6. The zero-order valence-corrected chi connectivity index (χ0v) is 33.7. The summed E-state index contributed by atoms with van der Waals surface area (Å²) in [5.41, 5.74) is 6.97. The second-order valence-corrected chi connectivity index (χ2v) is 16.4. The van der Waals surface area contributed by atoms with Crippen LogP contribution in [0.3, 0.4) is 0 Å². The van der Waals surface area contributed by atoms with Crippen LogP contribution in [0.25, 0.3) is 5.57 Å². The summed E-state index contributed by atoms with van der Waals surface area (Å²) < 4.78 is 44.6. The van der Waals surface area contributed by atoms with Gasteiger partial charge in [0.05, 0.1) is 32.0 Å². The van der Waals surface area contributed by atoms with Gasteiger partial charge in [-0.05, 0) is 54.0 Å². The van der Waals surface area contributed by atoms with Crippen LogP contribution in [0.1, 0.15) is 52.7 Å². The van der Waals surface area contributed by atoms with Crippen LogP contribution >= 0.6 is 0 Å². The second kappa shape index (κ2) is 15.0. The number of aliphatic carboxylic acids is 1. The number of aliphatic hydroxyl groups excluding tert-OH is 2. The first-order valence-corrected chi connectivity index (χ1v) is 20.4. The summed E-state index contributed by atoms with van der Waals surface area (Å²) in [6.07, 6.45) is -7.24. The number of nitrogens with two attached hydrogens (primary N) is 1. The Morgan fingerprint density at radius 3 is 2.53 bits per heavy atom. The van der Waals surface area contributed by atoms with Crippen LogP contribution in [0.4, 0.5) is 0 Å². The zero-order chi connectivity index (χ0) is 43.1. The Morgan fingerprint density at radius 2 is 1.76 bits per heavy atom. The standard InChI is InChI=1S/C46H45N3O13/c1-56-28-13-12-25-35-30(18-22-8-4-3-5-9-22)58-31-19-29-24(34(26-21-49-27-11-7-6-10-23(26)27)36(31)39(35)61-37(25)38(28)57-2)14-15-45(55)40(53)41(54)46(62-44(45)59-29)16-17-48-43(47)42(46)60-33(52)20-32(50)51/h3-13,16-17,19,30,35,39-44,48,53-55H,14-15,18,20-21,47H2,1-2H3,(H,50,51)/t30-,35-,39-,40+,41+,42-,43+,44-,45-,46+/m1/s1. The molecule has 10 rings (SSSR count). The highest BCUT2D eigenvalue weighted by molar-refractivity contribution is 5.90. The van der Waals surface area contributed by atoms with Gasteiger partial charge in [-0.25, -0.2) is 0 Å². The van der Waals surface area contributed by atoms with Crippen LogP contribution in [0, 0.1) is 0 Å². The Kier molecular flexibility index (Phi) is 9.68. The molecule has 16 heteroatoms. The number of para-hydroxylation sites is 1. The summed E-state index contributed by atoms with van der Waals surface area (Å²) in [6, 6.07) is 23.4. The molecule has 0 amide bonds. The number of carboxylic acid groups (broad SMARTS) is 1. The van der Waals surface area contributed by atoms with Gasteiger partial charge in [-0.1, -0.05) is 54.6 Å². The molecule has 0 aliphatic carbocycles.